The highest BCUT2D eigenvalue weighted by atomic mass is 32.2. The van der Waals surface area contributed by atoms with Crippen molar-refractivity contribution in [1.29, 1.82) is 0 Å². The second-order valence-corrected chi connectivity index (χ2v) is 8.84. The van der Waals surface area contributed by atoms with Gasteiger partial charge in [-0.15, -0.1) is 0 Å². The molecule has 1 heterocycles. The van der Waals surface area contributed by atoms with Crippen LogP contribution in [0.4, 0.5) is 0 Å². The van der Waals surface area contributed by atoms with Crippen molar-refractivity contribution in [2.75, 3.05) is 7.11 Å². The van der Waals surface area contributed by atoms with Gasteiger partial charge in [0.1, 0.15) is 0 Å². The predicted molar refractivity (Wildman–Crippen MR) is 107 cm³/mol. The van der Waals surface area contributed by atoms with Crippen molar-refractivity contribution in [2.24, 2.45) is 0 Å². The molecule has 0 spiro atoms. The van der Waals surface area contributed by atoms with Gasteiger partial charge >= 0.3 is 5.97 Å². The molecule has 0 aliphatic carbocycles. The quantitative estimate of drug-likeness (QED) is 0.161. The first-order valence-electron chi connectivity index (χ1n) is 10.5. The van der Waals surface area contributed by atoms with E-state index in [1.54, 1.807) is 0 Å². The van der Waals surface area contributed by atoms with Crippen LogP contribution in [0.25, 0.3) is 0 Å². The summed E-state index contributed by atoms with van der Waals surface area (Å²) in [5.41, 5.74) is 0. The van der Waals surface area contributed by atoms with Gasteiger partial charge in [0, 0.05) is 16.9 Å². The van der Waals surface area contributed by atoms with Gasteiger partial charge in [0.05, 0.1) is 7.11 Å². The van der Waals surface area contributed by atoms with Crippen LogP contribution in [-0.4, -0.2) is 23.6 Å². The van der Waals surface area contributed by atoms with E-state index in [0.717, 1.165) is 16.9 Å². The summed E-state index contributed by atoms with van der Waals surface area (Å²) in [5, 5.41) is 2.02. The second kappa shape index (κ2) is 15.1. The summed E-state index contributed by atoms with van der Waals surface area (Å²) in [5.74, 6) is -0.0628. The monoisotopic (exact) mass is 356 g/mol. The van der Waals surface area contributed by atoms with Crippen LogP contribution < -0.4 is 0 Å². The highest BCUT2D eigenvalue weighted by Crippen LogP contribution is 2.47. The van der Waals surface area contributed by atoms with Gasteiger partial charge in [-0.3, -0.25) is 4.79 Å². The minimum absolute atomic E-state index is 0.0628. The Morgan fingerprint density at radius 2 is 1.21 bits per heavy atom. The first-order chi connectivity index (χ1) is 11.8. The molecule has 0 aromatic rings. The lowest BCUT2D eigenvalue weighted by Crippen LogP contribution is -1.99. The van der Waals surface area contributed by atoms with E-state index in [4.69, 9.17) is 0 Å². The molecule has 0 saturated carbocycles. The second-order valence-electron chi connectivity index (χ2n) is 7.36. The maximum atomic E-state index is 11.0. The first kappa shape index (κ1) is 21.9. The number of carbonyl (C=O) groups is 1. The van der Waals surface area contributed by atoms with Crippen LogP contribution in [0.15, 0.2) is 0 Å². The Morgan fingerprint density at radius 3 is 1.71 bits per heavy atom. The largest absolute Gasteiger partial charge is 0.469 e. The Hall–Kier alpha value is -0.180. The Bertz CT molecular complexity index is 306. The number of methoxy groups -OCH3 is 1. The summed E-state index contributed by atoms with van der Waals surface area (Å²) in [6, 6.07) is 0. The van der Waals surface area contributed by atoms with Gasteiger partial charge in [0.15, 0.2) is 0 Å². The van der Waals surface area contributed by atoms with E-state index in [1.807, 2.05) is 0 Å². The minimum atomic E-state index is -0.0628. The van der Waals surface area contributed by atoms with Gasteiger partial charge < -0.3 is 4.74 Å². The zero-order valence-corrected chi connectivity index (χ0v) is 17.0. The normalized spacial score (nSPS) is 19.4. The van der Waals surface area contributed by atoms with Gasteiger partial charge in [-0.25, -0.2) is 0 Å². The standard InChI is InChI=1S/C21H40O2S/c1-3-4-5-10-13-16-19-20(24-19)17-14-11-8-6-7-9-12-15-18-21(22)23-2/h19-20H,3-18H2,1-2H3. The smallest absolute Gasteiger partial charge is 0.305 e. The lowest BCUT2D eigenvalue weighted by molar-refractivity contribution is -0.140. The van der Waals surface area contributed by atoms with Crippen molar-refractivity contribution in [3.05, 3.63) is 0 Å². The van der Waals surface area contributed by atoms with Crippen LogP contribution in [0, 0.1) is 0 Å². The fourth-order valence-corrected chi connectivity index (χ4v) is 4.65. The number of esters is 1. The van der Waals surface area contributed by atoms with Gasteiger partial charge in [-0.2, -0.15) is 11.8 Å². The van der Waals surface area contributed by atoms with E-state index in [1.165, 1.54) is 97.0 Å². The van der Waals surface area contributed by atoms with Crippen molar-refractivity contribution < 1.29 is 9.53 Å². The molecular formula is C21H40O2S. The van der Waals surface area contributed by atoms with E-state index >= 15 is 0 Å². The predicted octanol–water partition coefficient (Wildman–Crippen LogP) is 6.90. The Labute approximate surface area is 154 Å². The summed E-state index contributed by atoms with van der Waals surface area (Å²) in [6.45, 7) is 2.29. The van der Waals surface area contributed by atoms with Crippen LogP contribution in [-0.2, 0) is 9.53 Å². The third-order valence-corrected chi connectivity index (χ3v) is 6.64. The van der Waals surface area contributed by atoms with Crippen molar-refractivity contribution in [3.8, 4) is 0 Å². The van der Waals surface area contributed by atoms with E-state index < -0.39 is 0 Å². The summed E-state index contributed by atoms with van der Waals surface area (Å²) >= 11 is 2.24. The van der Waals surface area contributed by atoms with Crippen LogP contribution in [0.2, 0.25) is 0 Å². The molecule has 3 heteroatoms. The molecule has 0 radical (unpaired) electrons. The third-order valence-electron chi connectivity index (χ3n) is 5.13. The average molecular weight is 357 g/mol. The molecule has 0 aromatic heterocycles. The van der Waals surface area contributed by atoms with Gasteiger partial charge in [-0.1, -0.05) is 84.0 Å². The third kappa shape index (κ3) is 12.2. The molecule has 24 heavy (non-hydrogen) atoms. The molecule has 0 aromatic carbocycles. The van der Waals surface area contributed by atoms with Crippen molar-refractivity contribution >= 4 is 17.7 Å². The zero-order chi connectivity index (χ0) is 17.5. The number of ether oxygens (including phenoxy) is 1. The average Bonchev–Trinajstić information content (AvgIpc) is 3.34. The Morgan fingerprint density at radius 1 is 0.750 bits per heavy atom. The maximum Gasteiger partial charge on any atom is 0.305 e. The van der Waals surface area contributed by atoms with Gasteiger partial charge in [0.2, 0.25) is 0 Å². The van der Waals surface area contributed by atoms with Crippen molar-refractivity contribution in [2.45, 2.75) is 120 Å². The van der Waals surface area contributed by atoms with Crippen LogP contribution in [0.1, 0.15) is 110 Å². The van der Waals surface area contributed by atoms with Crippen molar-refractivity contribution in [1.82, 2.24) is 0 Å². The van der Waals surface area contributed by atoms with Crippen molar-refractivity contribution in [3.63, 3.8) is 0 Å². The van der Waals surface area contributed by atoms with E-state index in [-0.39, 0.29) is 5.97 Å². The number of rotatable bonds is 17. The molecular weight excluding hydrogens is 316 g/mol. The molecule has 1 saturated heterocycles. The topological polar surface area (TPSA) is 26.3 Å². The highest BCUT2D eigenvalue weighted by molar-refractivity contribution is 8.07. The molecule has 1 fully saturated rings. The molecule has 142 valence electrons. The number of hydrogen-bond acceptors (Lipinski definition) is 3. The molecule has 2 atom stereocenters. The fraction of sp³-hybridized carbons (Fsp3) is 0.952. The van der Waals surface area contributed by atoms with Gasteiger partial charge in [-0.05, 0) is 19.3 Å². The molecule has 2 unspecified atom stereocenters. The number of hydrogen-bond donors (Lipinski definition) is 0. The lowest BCUT2D eigenvalue weighted by atomic mass is 10.0. The van der Waals surface area contributed by atoms with Crippen LogP contribution in [0.3, 0.4) is 0 Å². The molecule has 1 rings (SSSR count). The summed E-state index contributed by atoms with van der Waals surface area (Å²) in [7, 11) is 1.47. The molecule has 0 bridgehead atoms. The number of carbonyl (C=O) groups excluding carboxylic acids is 1. The Balaban J connectivity index is 1.73. The SMILES string of the molecule is CCCCCCCC1SC1CCCCCCCCCCC(=O)OC. The summed E-state index contributed by atoms with van der Waals surface area (Å²) < 4.78 is 4.65. The highest BCUT2D eigenvalue weighted by Gasteiger charge is 2.36. The van der Waals surface area contributed by atoms with E-state index in [9.17, 15) is 4.79 Å². The molecule has 1 aliphatic heterocycles. The fourth-order valence-electron chi connectivity index (χ4n) is 3.41. The van der Waals surface area contributed by atoms with Crippen LogP contribution >= 0.6 is 11.8 Å². The van der Waals surface area contributed by atoms with E-state index in [2.05, 4.69) is 23.4 Å². The molecule has 0 N–H and O–H groups in total. The summed E-state index contributed by atoms with van der Waals surface area (Å²) in [4.78, 5) is 11.0. The zero-order valence-electron chi connectivity index (χ0n) is 16.2. The van der Waals surface area contributed by atoms with E-state index in [0.29, 0.717) is 6.42 Å². The number of thioether (sulfide) groups is 1. The van der Waals surface area contributed by atoms with Crippen LogP contribution in [0.5, 0.6) is 0 Å². The Kier molecular flexibility index (Phi) is 13.8. The molecule has 1 aliphatic rings. The first-order valence-corrected chi connectivity index (χ1v) is 11.4. The number of unbranched alkanes of at least 4 members (excludes halogenated alkanes) is 11. The lowest BCUT2D eigenvalue weighted by Gasteiger charge is -2.02. The molecule has 0 amide bonds. The minimum Gasteiger partial charge on any atom is -0.469 e. The maximum absolute atomic E-state index is 11.0. The molecule has 2 nitrogen and oxygen atoms in total. The van der Waals surface area contributed by atoms with Gasteiger partial charge in [0.25, 0.3) is 0 Å². The summed E-state index contributed by atoms with van der Waals surface area (Å²) in [6.07, 6.45) is 21.1.